The van der Waals surface area contributed by atoms with Crippen LogP contribution in [0, 0.1) is 5.82 Å². The molecule has 1 aliphatic heterocycles. The number of benzene rings is 2. The van der Waals surface area contributed by atoms with Crippen LogP contribution in [-0.4, -0.2) is 40.3 Å². The Hall–Kier alpha value is -3.68. The van der Waals surface area contributed by atoms with Gasteiger partial charge in [-0.3, -0.25) is 14.5 Å². The number of aromatic nitrogens is 1. The fraction of sp³-hybridized carbons (Fsp3) is 0.190. The van der Waals surface area contributed by atoms with Crippen molar-refractivity contribution in [2.75, 3.05) is 6.54 Å². The molecule has 1 atom stereocenters. The minimum Gasteiger partial charge on any atom is -0.361 e. The predicted octanol–water partition coefficient (Wildman–Crippen LogP) is 2.09. The molecule has 2 heterocycles. The van der Waals surface area contributed by atoms with Gasteiger partial charge in [0.15, 0.2) is 0 Å². The molecule has 0 radical (unpaired) electrons. The van der Waals surface area contributed by atoms with Crippen molar-refractivity contribution in [1.29, 1.82) is 0 Å². The summed E-state index contributed by atoms with van der Waals surface area (Å²) in [5.74, 6) is -1.42. The zero-order valence-corrected chi connectivity index (χ0v) is 15.4. The van der Waals surface area contributed by atoms with E-state index in [9.17, 15) is 18.8 Å². The van der Waals surface area contributed by atoms with E-state index in [-0.39, 0.29) is 6.54 Å². The molecule has 0 spiro atoms. The number of fused-ring (bicyclic) bond motifs is 1. The first-order valence-corrected chi connectivity index (χ1v) is 9.20. The number of hydrogen-bond donors (Lipinski definition) is 3. The molecular formula is C21H19FN4O3. The number of imide groups is 1. The van der Waals surface area contributed by atoms with E-state index in [1.54, 1.807) is 18.2 Å². The maximum atomic E-state index is 13.6. The SMILES string of the molecule is O=C(CN1C(=O)N[C@H](Cc2c[nH]c3ccccc23)C1=O)NCc1ccccc1F. The molecule has 1 saturated heterocycles. The van der Waals surface area contributed by atoms with Crippen LogP contribution in [0.1, 0.15) is 11.1 Å². The van der Waals surface area contributed by atoms with Gasteiger partial charge < -0.3 is 15.6 Å². The molecular weight excluding hydrogens is 375 g/mol. The number of H-pyrrole nitrogens is 1. The lowest BCUT2D eigenvalue weighted by Gasteiger charge is -2.13. The van der Waals surface area contributed by atoms with E-state index in [2.05, 4.69) is 15.6 Å². The molecule has 3 N–H and O–H groups in total. The third kappa shape index (κ3) is 3.82. The minimum absolute atomic E-state index is 0.0199. The maximum absolute atomic E-state index is 13.6. The maximum Gasteiger partial charge on any atom is 0.325 e. The number of amides is 4. The minimum atomic E-state index is -0.735. The predicted molar refractivity (Wildman–Crippen MR) is 104 cm³/mol. The van der Waals surface area contributed by atoms with Crippen molar-refractivity contribution < 1.29 is 18.8 Å². The second-order valence-electron chi connectivity index (χ2n) is 6.86. The Morgan fingerprint density at radius 3 is 2.66 bits per heavy atom. The second-order valence-corrected chi connectivity index (χ2v) is 6.86. The van der Waals surface area contributed by atoms with Crippen molar-refractivity contribution in [3.8, 4) is 0 Å². The smallest absolute Gasteiger partial charge is 0.325 e. The van der Waals surface area contributed by atoms with Crippen molar-refractivity contribution in [3.63, 3.8) is 0 Å². The number of urea groups is 1. The molecule has 7 nitrogen and oxygen atoms in total. The molecule has 148 valence electrons. The Kier molecular flexibility index (Phi) is 4.99. The number of rotatable bonds is 6. The van der Waals surface area contributed by atoms with Crippen molar-refractivity contribution in [2.45, 2.75) is 19.0 Å². The van der Waals surface area contributed by atoms with Gasteiger partial charge in [0.1, 0.15) is 18.4 Å². The van der Waals surface area contributed by atoms with Crippen LogP contribution >= 0.6 is 0 Å². The Morgan fingerprint density at radius 1 is 1.07 bits per heavy atom. The molecule has 0 saturated carbocycles. The molecule has 29 heavy (non-hydrogen) atoms. The Labute approximate surface area is 165 Å². The van der Waals surface area contributed by atoms with Gasteiger partial charge in [0, 0.05) is 35.6 Å². The lowest BCUT2D eigenvalue weighted by Crippen LogP contribution is -2.41. The summed E-state index contributed by atoms with van der Waals surface area (Å²) >= 11 is 0. The molecule has 2 aromatic carbocycles. The van der Waals surface area contributed by atoms with Crippen molar-refractivity contribution in [3.05, 3.63) is 71.7 Å². The van der Waals surface area contributed by atoms with E-state index in [4.69, 9.17) is 0 Å². The largest absolute Gasteiger partial charge is 0.361 e. The van der Waals surface area contributed by atoms with Crippen LogP contribution in [0.25, 0.3) is 10.9 Å². The van der Waals surface area contributed by atoms with Gasteiger partial charge in [0.05, 0.1) is 0 Å². The summed E-state index contributed by atoms with van der Waals surface area (Å²) in [4.78, 5) is 41.0. The first-order valence-electron chi connectivity index (χ1n) is 9.20. The number of aromatic amines is 1. The Balaban J connectivity index is 1.38. The number of nitrogens with zero attached hydrogens (tertiary/aromatic N) is 1. The summed E-state index contributed by atoms with van der Waals surface area (Å²) in [6.45, 7) is -0.433. The number of nitrogens with one attached hydrogen (secondary N) is 3. The van der Waals surface area contributed by atoms with E-state index in [0.29, 0.717) is 12.0 Å². The van der Waals surface area contributed by atoms with Gasteiger partial charge >= 0.3 is 6.03 Å². The molecule has 0 unspecified atom stereocenters. The van der Waals surface area contributed by atoms with Gasteiger partial charge in [0.2, 0.25) is 5.91 Å². The first kappa shape index (κ1) is 18.7. The van der Waals surface area contributed by atoms with Crippen LogP contribution in [0.2, 0.25) is 0 Å². The quantitative estimate of drug-likeness (QED) is 0.559. The molecule has 4 rings (SSSR count). The first-order chi connectivity index (χ1) is 14.0. The van der Waals surface area contributed by atoms with Crippen LogP contribution in [0.4, 0.5) is 9.18 Å². The summed E-state index contributed by atoms with van der Waals surface area (Å²) in [5, 5.41) is 6.15. The number of para-hydroxylation sites is 1. The highest BCUT2D eigenvalue weighted by atomic mass is 19.1. The Morgan fingerprint density at radius 2 is 1.83 bits per heavy atom. The summed E-state index contributed by atoms with van der Waals surface area (Å²) in [5.41, 5.74) is 2.18. The van der Waals surface area contributed by atoms with Crippen LogP contribution < -0.4 is 10.6 Å². The lowest BCUT2D eigenvalue weighted by atomic mass is 10.1. The third-order valence-electron chi connectivity index (χ3n) is 4.94. The lowest BCUT2D eigenvalue weighted by molar-refractivity contribution is -0.132. The molecule has 1 fully saturated rings. The highest BCUT2D eigenvalue weighted by Crippen LogP contribution is 2.21. The van der Waals surface area contributed by atoms with Crippen LogP contribution in [-0.2, 0) is 22.6 Å². The van der Waals surface area contributed by atoms with Gasteiger partial charge in [-0.1, -0.05) is 36.4 Å². The molecule has 8 heteroatoms. The molecule has 0 bridgehead atoms. The molecule has 3 aromatic rings. The molecule has 0 aliphatic carbocycles. The van der Waals surface area contributed by atoms with Gasteiger partial charge in [-0.25, -0.2) is 9.18 Å². The number of hydrogen-bond acceptors (Lipinski definition) is 3. The number of carbonyl (C=O) groups excluding carboxylic acids is 3. The summed E-state index contributed by atoms with van der Waals surface area (Å²) in [6.07, 6.45) is 2.13. The van der Waals surface area contributed by atoms with E-state index in [0.717, 1.165) is 21.4 Å². The van der Waals surface area contributed by atoms with E-state index in [1.807, 2.05) is 30.5 Å². The standard InChI is InChI=1S/C21H19FN4O3/c22-16-7-3-1-5-13(16)10-24-19(27)12-26-20(28)18(25-21(26)29)9-14-11-23-17-8-4-2-6-15(14)17/h1-8,11,18,23H,9-10,12H2,(H,24,27)(H,25,29)/t18-/m1/s1. The van der Waals surface area contributed by atoms with Gasteiger partial charge in [-0.05, 0) is 17.7 Å². The molecule has 4 amide bonds. The average Bonchev–Trinajstić information content (AvgIpc) is 3.24. The molecule has 1 aliphatic rings. The van der Waals surface area contributed by atoms with Crippen LogP contribution in [0.5, 0.6) is 0 Å². The summed E-state index contributed by atoms with van der Waals surface area (Å²) in [7, 11) is 0. The van der Waals surface area contributed by atoms with Crippen LogP contribution in [0.15, 0.2) is 54.7 Å². The van der Waals surface area contributed by atoms with Gasteiger partial charge in [-0.15, -0.1) is 0 Å². The average molecular weight is 394 g/mol. The monoisotopic (exact) mass is 394 g/mol. The van der Waals surface area contributed by atoms with Crippen molar-refractivity contribution in [1.82, 2.24) is 20.5 Å². The molecule has 1 aromatic heterocycles. The van der Waals surface area contributed by atoms with E-state index >= 15 is 0 Å². The fourth-order valence-electron chi connectivity index (χ4n) is 3.42. The third-order valence-corrected chi connectivity index (χ3v) is 4.94. The highest BCUT2D eigenvalue weighted by Gasteiger charge is 2.39. The highest BCUT2D eigenvalue weighted by molar-refractivity contribution is 6.06. The number of halogens is 1. The van der Waals surface area contributed by atoms with E-state index < -0.39 is 36.2 Å². The second kappa shape index (κ2) is 7.75. The van der Waals surface area contributed by atoms with Crippen molar-refractivity contribution >= 4 is 28.7 Å². The zero-order chi connectivity index (χ0) is 20.4. The number of carbonyl (C=O) groups is 3. The van der Waals surface area contributed by atoms with Crippen LogP contribution in [0.3, 0.4) is 0 Å². The van der Waals surface area contributed by atoms with Gasteiger partial charge in [0.25, 0.3) is 5.91 Å². The van der Waals surface area contributed by atoms with E-state index in [1.165, 1.54) is 6.07 Å². The Bertz CT molecular complexity index is 1090. The summed E-state index contributed by atoms with van der Waals surface area (Å²) < 4.78 is 13.6. The summed E-state index contributed by atoms with van der Waals surface area (Å²) in [6, 6.07) is 12.4. The topological polar surface area (TPSA) is 94.3 Å². The normalized spacial score (nSPS) is 16.3. The zero-order valence-electron chi connectivity index (χ0n) is 15.4. The van der Waals surface area contributed by atoms with Crippen molar-refractivity contribution in [2.24, 2.45) is 0 Å². The fourth-order valence-corrected chi connectivity index (χ4v) is 3.42. The van der Waals surface area contributed by atoms with Gasteiger partial charge in [-0.2, -0.15) is 0 Å².